The Morgan fingerprint density at radius 1 is 1.45 bits per heavy atom. The fraction of sp³-hybridized carbons (Fsp3) is 0.778. The predicted molar refractivity (Wildman–Crippen MR) is 48.8 cm³/mol. The van der Waals surface area contributed by atoms with E-state index in [1.54, 1.807) is 0 Å². The summed E-state index contributed by atoms with van der Waals surface area (Å²) in [5.74, 6) is 0. The number of ether oxygens (including phenoxy) is 1. The molecular formula is C9H19NO. The minimum Gasteiger partial charge on any atom is -0.381 e. The van der Waals surface area contributed by atoms with Crippen molar-refractivity contribution in [3.63, 3.8) is 0 Å². The van der Waals surface area contributed by atoms with Crippen molar-refractivity contribution in [2.45, 2.75) is 19.8 Å². The Bertz CT molecular complexity index is 83.6. The van der Waals surface area contributed by atoms with Gasteiger partial charge in [0.1, 0.15) is 0 Å². The fourth-order valence-electron chi connectivity index (χ4n) is 0.745. The molecule has 0 radical (unpaired) electrons. The lowest BCUT2D eigenvalue weighted by Gasteiger charge is -2.02. The van der Waals surface area contributed by atoms with Crippen LogP contribution in [0.25, 0.3) is 0 Å². The van der Waals surface area contributed by atoms with E-state index in [9.17, 15) is 0 Å². The van der Waals surface area contributed by atoms with E-state index in [-0.39, 0.29) is 0 Å². The van der Waals surface area contributed by atoms with Crippen molar-refractivity contribution < 1.29 is 4.74 Å². The molecule has 11 heavy (non-hydrogen) atoms. The molecule has 0 aliphatic heterocycles. The Kier molecular flexibility index (Phi) is 9.36. The zero-order valence-corrected chi connectivity index (χ0v) is 7.44. The van der Waals surface area contributed by atoms with Crippen molar-refractivity contribution in [2.75, 3.05) is 26.3 Å². The van der Waals surface area contributed by atoms with Crippen LogP contribution in [-0.2, 0) is 4.74 Å². The molecule has 66 valence electrons. The van der Waals surface area contributed by atoms with E-state index in [4.69, 9.17) is 4.74 Å². The summed E-state index contributed by atoms with van der Waals surface area (Å²) in [6.07, 6.45) is 3.94. The van der Waals surface area contributed by atoms with E-state index < -0.39 is 0 Å². The molecular weight excluding hydrogens is 138 g/mol. The monoisotopic (exact) mass is 157 g/mol. The van der Waals surface area contributed by atoms with E-state index in [0.29, 0.717) is 0 Å². The standard InChI is InChI=1S/C9H19NO/c1-3-5-8-11-9-6-7-10-4-2/h3,10H,1,4-9H2,2H3. The molecule has 2 heteroatoms. The molecule has 0 unspecified atom stereocenters. The van der Waals surface area contributed by atoms with Gasteiger partial charge in [-0.3, -0.25) is 0 Å². The summed E-state index contributed by atoms with van der Waals surface area (Å²) in [5, 5.41) is 3.24. The smallest absolute Gasteiger partial charge is 0.0500 e. The number of hydrogen-bond donors (Lipinski definition) is 1. The van der Waals surface area contributed by atoms with Crippen LogP contribution in [0.5, 0.6) is 0 Å². The van der Waals surface area contributed by atoms with E-state index in [1.165, 1.54) is 0 Å². The first-order valence-electron chi connectivity index (χ1n) is 4.31. The number of nitrogens with one attached hydrogen (secondary N) is 1. The summed E-state index contributed by atoms with van der Waals surface area (Å²) in [6.45, 7) is 9.51. The van der Waals surface area contributed by atoms with Gasteiger partial charge in [0, 0.05) is 13.2 Å². The average molecular weight is 157 g/mol. The third-order valence-corrected chi connectivity index (χ3v) is 1.36. The second-order valence-electron chi connectivity index (χ2n) is 2.40. The van der Waals surface area contributed by atoms with Crippen molar-refractivity contribution in [1.82, 2.24) is 5.32 Å². The maximum atomic E-state index is 5.31. The highest BCUT2D eigenvalue weighted by atomic mass is 16.5. The van der Waals surface area contributed by atoms with E-state index >= 15 is 0 Å². The Balaban J connectivity index is 2.74. The molecule has 0 bridgehead atoms. The Hall–Kier alpha value is -0.340. The maximum absolute atomic E-state index is 5.31. The summed E-state index contributed by atoms with van der Waals surface area (Å²) in [7, 11) is 0. The van der Waals surface area contributed by atoms with Crippen molar-refractivity contribution in [2.24, 2.45) is 0 Å². The Morgan fingerprint density at radius 2 is 2.27 bits per heavy atom. The third kappa shape index (κ3) is 9.66. The van der Waals surface area contributed by atoms with Gasteiger partial charge in [-0.25, -0.2) is 0 Å². The number of hydrogen-bond acceptors (Lipinski definition) is 2. The van der Waals surface area contributed by atoms with Crippen molar-refractivity contribution in [1.29, 1.82) is 0 Å². The van der Waals surface area contributed by atoms with Gasteiger partial charge in [0.15, 0.2) is 0 Å². The highest BCUT2D eigenvalue weighted by Gasteiger charge is 1.86. The zero-order valence-electron chi connectivity index (χ0n) is 7.44. The molecule has 0 rings (SSSR count). The molecule has 0 aromatic rings. The van der Waals surface area contributed by atoms with Gasteiger partial charge in [-0.15, -0.1) is 6.58 Å². The minimum atomic E-state index is 0.815. The highest BCUT2D eigenvalue weighted by molar-refractivity contribution is 4.64. The second kappa shape index (κ2) is 9.66. The van der Waals surface area contributed by atoms with Crippen LogP contribution in [0.1, 0.15) is 19.8 Å². The van der Waals surface area contributed by atoms with E-state index in [0.717, 1.165) is 39.1 Å². The number of rotatable bonds is 8. The van der Waals surface area contributed by atoms with Gasteiger partial charge in [-0.1, -0.05) is 13.0 Å². The van der Waals surface area contributed by atoms with Crippen LogP contribution in [0.3, 0.4) is 0 Å². The molecule has 0 saturated carbocycles. The van der Waals surface area contributed by atoms with Crippen LogP contribution >= 0.6 is 0 Å². The van der Waals surface area contributed by atoms with Gasteiger partial charge in [0.05, 0.1) is 0 Å². The highest BCUT2D eigenvalue weighted by Crippen LogP contribution is 1.85. The van der Waals surface area contributed by atoms with Gasteiger partial charge in [0.2, 0.25) is 0 Å². The van der Waals surface area contributed by atoms with Crippen molar-refractivity contribution in [3.05, 3.63) is 12.7 Å². The molecule has 0 aliphatic rings. The van der Waals surface area contributed by atoms with Crippen molar-refractivity contribution >= 4 is 0 Å². The summed E-state index contributed by atoms with van der Waals surface area (Å²) in [6, 6.07) is 0. The van der Waals surface area contributed by atoms with Crippen LogP contribution in [0.2, 0.25) is 0 Å². The Morgan fingerprint density at radius 3 is 2.91 bits per heavy atom. The molecule has 0 aliphatic carbocycles. The summed E-state index contributed by atoms with van der Waals surface area (Å²) < 4.78 is 5.31. The first kappa shape index (κ1) is 10.7. The van der Waals surface area contributed by atoms with E-state index in [1.807, 2.05) is 6.08 Å². The first-order chi connectivity index (χ1) is 5.41. The van der Waals surface area contributed by atoms with Crippen LogP contribution in [0.4, 0.5) is 0 Å². The maximum Gasteiger partial charge on any atom is 0.0500 e. The fourth-order valence-corrected chi connectivity index (χ4v) is 0.745. The molecule has 1 N–H and O–H groups in total. The molecule has 0 heterocycles. The zero-order chi connectivity index (χ0) is 8.36. The molecule has 0 amide bonds. The van der Waals surface area contributed by atoms with Gasteiger partial charge >= 0.3 is 0 Å². The topological polar surface area (TPSA) is 21.3 Å². The second-order valence-corrected chi connectivity index (χ2v) is 2.40. The normalized spacial score (nSPS) is 9.91. The van der Waals surface area contributed by atoms with Crippen LogP contribution in [0, 0.1) is 0 Å². The predicted octanol–water partition coefficient (Wildman–Crippen LogP) is 1.58. The largest absolute Gasteiger partial charge is 0.381 e. The molecule has 0 spiro atoms. The summed E-state index contributed by atoms with van der Waals surface area (Å²) in [4.78, 5) is 0. The molecule has 0 fully saturated rings. The van der Waals surface area contributed by atoms with Gasteiger partial charge in [-0.05, 0) is 25.9 Å². The SMILES string of the molecule is C=CCCOCCCNCC. The molecule has 0 saturated heterocycles. The van der Waals surface area contributed by atoms with Gasteiger partial charge in [0.25, 0.3) is 0 Å². The van der Waals surface area contributed by atoms with Gasteiger partial charge in [-0.2, -0.15) is 0 Å². The average Bonchev–Trinajstić information content (AvgIpc) is 2.03. The van der Waals surface area contributed by atoms with E-state index in [2.05, 4.69) is 18.8 Å². The van der Waals surface area contributed by atoms with Crippen molar-refractivity contribution in [3.8, 4) is 0 Å². The molecule has 2 nitrogen and oxygen atoms in total. The first-order valence-corrected chi connectivity index (χ1v) is 4.31. The third-order valence-electron chi connectivity index (χ3n) is 1.36. The van der Waals surface area contributed by atoms with Gasteiger partial charge < -0.3 is 10.1 Å². The lowest BCUT2D eigenvalue weighted by atomic mass is 10.4. The summed E-state index contributed by atoms with van der Waals surface area (Å²) >= 11 is 0. The van der Waals surface area contributed by atoms with Crippen LogP contribution in [0.15, 0.2) is 12.7 Å². The Labute approximate surface area is 69.6 Å². The summed E-state index contributed by atoms with van der Waals surface area (Å²) in [5.41, 5.74) is 0. The quantitative estimate of drug-likeness (QED) is 0.426. The molecule has 0 atom stereocenters. The lowest BCUT2D eigenvalue weighted by Crippen LogP contribution is -2.15. The minimum absolute atomic E-state index is 0.815. The van der Waals surface area contributed by atoms with Crippen LogP contribution in [-0.4, -0.2) is 26.3 Å². The lowest BCUT2D eigenvalue weighted by molar-refractivity contribution is 0.136. The van der Waals surface area contributed by atoms with Crippen LogP contribution < -0.4 is 5.32 Å². The molecule has 0 aromatic carbocycles. The molecule has 0 aromatic heterocycles.